The minimum absolute atomic E-state index is 0.247. The summed E-state index contributed by atoms with van der Waals surface area (Å²) in [7, 11) is 1.80. The lowest BCUT2D eigenvalue weighted by Crippen LogP contribution is -2.25. The van der Waals surface area contributed by atoms with Crippen molar-refractivity contribution < 1.29 is 4.84 Å². The van der Waals surface area contributed by atoms with Crippen LogP contribution in [0.1, 0.15) is 27.2 Å². The van der Waals surface area contributed by atoms with Crippen LogP contribution >= 0.6 is 0 Å². The van der Waals surface area contributed by atoms with Gasteiger partial charge in [-0.25, -0.2) is 5.48 Å². The molecule has 3 nitrogen and oxygen atoms in total. The summed E-state index contributed by atoms with van der Waals surface area (Å²) in [6, 6.07) is 0. The predicted octanol–water partition coefficient (Wildman–Crippen LogP) is 1.64. The van der Waals surface area contributed by atoms with Gasteiger partial charge < -0.3 is 4.99 Å². The molecular weight excluding hydrogens is 152 g/mol. The van der Waals surface area contributed by atoms with Crippen molar-refractivity contribution in [2.75, 3.05) is 13.6 Å². The van der Waals surface area contributed by atoms with Gasteiger partial charge in [0.15, 0.2) is 0 Å². The van der Waals surface area contributed by atoms with E-state index < -0.39 is 0 Å². The molecule has 1 unspecified atom stereocenters. The molecule has 72 valence electrons. The number of rotatable bonds is 6. The molecule has 1 N–H and O–H groups in total. The van der Waals surface area contributed by atoms with E-state index in [0.717, 1.165) is 13.0 Å². The van der Waals surface area contributed by atoms with E-state index in [0.29, 0.717) is 5.92 Å². The number of hydrogen-bond acceptors (Lipinski definition) is 3. The molecule has 0 bridgehead atoms. The zero-order chi connectivity index (χ0) is 9.40. The molecule has 12 heavy (non-hydrogen) atoms. The summed E-state index contributed by atoms with van der Waals surface area (Å²) in [5.41, 5.74) is 2.93. The molecule has 3 heteroatoms. The molecule has 0 aromatic carbocycles. The quantitative estimate of drug-likeness (QED) is 0.488. The van der Waals surface area contributed by atoms with E-state index in [1.807, 2.05) is 20.1 Å². The summed E-state index contributed by atoms with van der Waals surface area (Å²) in [6.07, 6.45) is 3.18. The molecule has 0 aromatic heterocycles. The van der Waals surface area contributed by atoms with Crippen molar-refractivity contribution in [1.29, 1.82) is 0 Å². The zero-order valence-corrected chi connectivity index (χ0v) is 8.50. The maximum Gasteiger partial charge on any atom is 0.0734 e. The highest BCUT2D eigenvalue weighted by molar-refractivity contribution is 5.57. The van der Waals surface area contributed by atoms with E-state index in [1.165, 1.54) is 0 Å². The van der Waals surface area contributed by atoms with Crippen LogP contribution in [0.15, 0.2) is 4.99 Å². The van der Waals surface area contributed by atoms with Gasteiger partial charge >= 0.3 is 0 Å². The normalized spacial score (nSPS) is 14.4. The Morgan fingerprint density at radius 1 is 1.42 bits per heavy atom. The molecular formula is C9H20N2O. The highest BCUT2D eigenvalue weighted by Crippen LogP contribution is 1.97. The standard InChI is InChI=1S/C9H20N2O/c1-8(2)12-11-7-9(3)5-6-10-4/h6,8-9,11H,5,7H2,1-4H3/b10-6+. The second-order valence-electron chi connectivity index (χ2n) is 3.30. The summed E-state index contributed by atoms with van der Waals surface area (Å²) in [4.78, 5) is 9.12. The number of hydrogen-bond donors (Lipinski definition) is 1. The Bertz CT molecular complexity index is 124. The molecule has 0 spiro atoms. The average Bonchev–Trinajstić information content (AvgIpc) is 2.00. The summed E-state index contributed by atoms with van der Waals surface area (Å²) in [6.45, 7) is 7.05. The minimum Gasteiger partial charge on any atom is -0.301 e. The van der Waals surface area contributed by atoms with Crippen LogP contribution in [0.4, 0.5) is 0 Å². The first-order chi connectivity index (χ1) is 5.66. The molecule has 0 heterocycles. The lowest BCUT2D eigenvalue weighted by molar-refractivity contribution is -0.0101. The van der Waals surface area contributed by atoms with Gasteiger partial charge in [-0.15, -0.1) is 0 Å². The second kappa shape index (κ2) is 7.25. The molecule has 0 aromatic rings. The average molecular weight is 172 g/mol. The predicted molar refractivity (Wildman–Crippen MR) is 52.4 cm³/mol. The number of aliphatic imine (C=N–C) groups is 1. The minimum atomic E-state index is 0.247. The van der Waals surface area contributed by atoms with Crippen LogP contribution in [0.2, 0.25) is 0 Å². The summed E-state index contributed by atoms with van der Waals surface area (Å²) in [5, 5.41) is 0. The first-order valence-corrected chi connectivity index (χ1v) is 4.46. The topological polar surface area (TPSA) is 33.6 Å². The summed E-state index contributed by atoms with van der Waals surface area (Å²) < 4.78 is 0. The van der Waals surface area contributed by atoms with Gasteiger partial charge in [0.2, 0.25) is 0 Å². The van der Waals surface area contributed by atoms with Gasteiger partial charge in [0, 0.05) is 13.6 Å². The van der Waals surface area contributed by atoms with E-state index >= 15 is 0 Å². The highest BCUT2D eigenvalue weighted by Gasteiger charge is 1.99. The fraction of sp³-hybridized carbons (Fsp3) is 0.889. The monoisotopic (exact) mass is 172 g/mol. The van der Waals surface area contributed by atoms with Crippen molar-refractivity contribution in [2.45, 2.75) is 33.3 Å². The van der Waals surface area contributed by atoms with Crippen molar-refractivity contribution >= 4 is 6.21 Å². The molecule has 0 amide bonds. The Morgan fingerprint density at radius 3 is 2.58 bits per heavy atom. The van der Waals surface area contributed by atoms with Crippen LogP contribution in [0.5, 0.6) is 0 Å². The van der Waals surface area contributed by atoms with Gasteiger partial charge in [-0.3, -0.25) is 4.84 Å². The highest BCUT2D eigenvalue weighted by atomic mass is 16.7. The molecule has 0 radical (unpaired) electrons. The van der Waals surface area contributed by atoms with E-state index in [2.05, 4.69) is 17.4 Å². The first kappa shape index (κ1) is 11.6. The summed E-state index contributed by atoms with van der Waals surface area (Å²) in [5.74, 6) is 0.576. The number of nitrogens with one attached hydrogen (secondary N) is 1. The van der Waals surface area contributed by atoms with Crippen molar-refractivity contribution in [1.82, 2.24) is 5.48 Å². The number of nitrogens with zero attached hydrogens (tertiary/aromatic N) is 1. The maximum absolute atomic E-state index is 5.20. The van der Waals surface area contributed by atoms with Gasteiger partial charge in [-0.1, -0.05) is 6.92 Å². The molecule has 0 rings (SSSR count). The van der Waals surface area contributed by atoms with Gasteiger partial charge in [0.1, 0.15) is 0 Å². The first-order valence-electron chi connectivity index (χ1n) is 4.46. The third kappa shape index (κ3) is 7.69. The van der Waals surface area contributed by atoms with Gasteiger partial charge in [-0.05, 0) is 32.4 Å². The van der Waals surface area contributed by atoms with Crippen LogP contribution in [0.25, 0.3) is 0 Å². The second-order valence-corrected chi connectivity index (χ2v) is 3.30. The van der Waals surface area contributed by atoms with E-state index in [-0.39, 0.29) is 6.10 Å². The third-order valence-corrected chi connectivity index (χ3v) is 1.44. The van der Waals surface area contributed by atoms with Crippen LogP contribution in [-0.2, 0) is 4.84 Å². The largest absolute Gasteiger partial charge is 0.301 e. The van der Waals surface area contributed by atoms with E-state index in [9.17, 15) is 0 Å². The van der Waals surface area contributed by atoms with Crippen LogP contribution < -0.4 is 5.48 Å². The van der Waals surface area contributed by atoms with Crippen LogP contribution in [-0.4, -0.2) is 25.9 Å². The van der Waals surface area contributed by atoms with Crippen molar-refractivity contribution in [3.05, 3.63) is 0 Å². The van der Waals surface area contributed by atoms with Crippen molar-refractivity contribution in [3.8, 4) is 0 Å². The Kier molecular flexibility index (Phi) is 7.00. The molecule has 0 saturated heterocycles. The Hall–Kier alpha value is -0.410. The number of hydroxylamine groups is 1. The van der Waals surface area contributed by atoms with Gasteiger partial charge in [0.05, 0.1) is 6.10 Å². The van der Waals surface area contributed by atoms with E-state index in [4.69, 9.17) is 4.84 Å². The lowest BCUT2D eigenvalue weighted by Gasteiger charge is -2.12. The van der Waals surface area contributed by atoms with Gasteiger partial charge in [0.25, 0.3) is 0 Å². The smallest absolute Gasteiger partial charge is 0.0734 e. The summed E-state index contributed by atoms with van der Waals surface area (Å²) >= 11 is 0. The molecule has 0 aliphatic heterocycles. The Morgan fingerprint density at radius 2 is 2.08 bits per heavy atom. The zero-order valence-electron chi connectivity index (χ0n) is 8.50. The third-order valence-electron chi connectivity index (χ3n) is 1.44. The van der Waals surface area contributed by atoms with Crippen LogP contribution in [0, 0.1) is 5.92 Å². The van der Waals surface area contributed by atoms with E-state index in [1.54, 1.807) is 7.05 Å². The van der Waals surface area contributed by atoms with Crippen LogP contribution in [0.3, 0.4) is 0 Å². The lowest BCUT2D eigenvalue weighted by atomic mass is 10.1. The molecule has 0 fully saturated rings. The van der Waals surface area contributed by atoms with Gasteiger partial charge in [-0.2, -0.15) is 0 Å². The Balaban J connectivity index is 3.25. The molecule has 1 atom stereocenters. The van der Waals surface area contributed by atoms with Crippen molar-refractivity contribution in [2.24, 2.45) is 10.9 Å². The van der Waals surface area contributed by atoms with Crippen molar-refractivity contribution in [3.63, 3.8) is 0 Å². The SMILES string of the molecule is C/N=C/CC(C)CNOC(C)C. The fourth-order valence-corrected chi connectivity index (χ4v) is 0.726. The Labute approximate surface area is 75.2 Å². The molecule has 0 saturated carbocycles. The molecule has 0 aliphatic carbocycles. The molecule has 0 aliphatic rings. The fourth-order valence-electron chi connectivity index (χ4n) is 0.726. The maximum atomic E-state index is 5.20.